The number of furan rings is 1. The summed E-state index contributed by atoms with van der Waals surface area (Å²) in [6, 6.07) is 7.64. The Labute approximate surface area is 171 Å². The fourth-order valence-electron chi connectivity index (χ4n) is 3.81. The molecule has 0 aliphatic carbocycles. The summed E-state index contributed by atoms with van der Waals surface area (Å²) in [6.45, 7) is 1.60. The van der Waals surface area contributed by atoms with Crippen molar-refractivity contribution in [3.8, 4) is 0 Å². The van der Waals surface area contributed by atoms with Gasteiger partial charge in [-0.25, -0.2) is 0 Å². The number of benzene rings is 1. The van der Waals surface area contributed by atoms with Crippen LogP contribution in [0.15, 0.2) is 41.0 Å². The highest BCUT2D eigenvalue weighted by molar-refractivity contribution is 6.16. The second kappa shape index (κ2) is 7.97. The third kappa shape index (κ3) is 3.63. The largest absolute Gasteiger partial charge is 0.459 e. The van der Waals surface area contributed by atoms with E-state index in [1.54, 1.807) is 29.2 Å². The number of carbonyl (C=O) groups is 3. The van der Waals surface area contributed by atoms with E-state index in [2.05, 4.69) is 0 Å². The van der Waals surface area contributed by atoms with Crippen LogP contribution in [0.5, 0.6) is 0 Å². The van der Waals surface area contributed by atoms with E-state index >= 15 is 0 Å². The van der Waals surface area contributed by atoms with Crippen LogP contribution in [-0.2, 0) is 9.59 Å². The Balaban J connectivity index is 1.53. The van der Waals surface area contributed by atoms with Crippen LogP contribution in [0, 0.1) is 10.1 Å². The van der Waals surface area contributed by atoms with Crippen molar-refractivity contribution in [3.05, 3.63) is 52.5 Å². The van der Waals surface area contributed by atoms with E-state index < -0.39 is 4.92 Å². The van der Waals surface area contributed by atoms with Crippen LogP contribution in [-0.4, -0.2) is 53.7 Å². The quantitative estimate of drug-likeness (QED) is 0.429. The fraction of sp³-hybridized carbons (Fsp3) is 0.350. The van der Waals surface area contributed by atoms with E-state index in [4.69, 9.17) is 4.42 Å². The first-order chi connectivity index (χ1) is 14.5. The molecule has 0 N–H and O–H groups in total. The minimum absolute atomic E-state index is 0.176. The van der Waals surface area contributed by atoms with Gasteiger partial charge in [0.2, 0.25) is 11.8 Å². The first-order valence-electron chi connectivity index (χ1n) is 9.67. The van der Waals surface area contributed by atoms with Crippen molar-refractivity contribution in [3.63, 3.8) is 0 Å². The van der Waals surface area contributed by atoms with Gasteiger partial charge in [0.15, 0.2) is 5.76 Å². The molecule has 1 aromatic carbocycles. The van der Waals surface area contributed by atoms with Crippen LogP contribution in [0.3, 0.4) is 0 Å². The lowest BCUT2D eigenvalue weighted by Crippen LogP contribution is -2.48. The summed E-state index contributed by atoms with van der Waals surface area (Å²) in [5.41, 5.74) is 0.432. The lowest BCUT2D eigenvalue weighted by Gasteiger charge is -2.35. The van der Waals surface area contributed by atoms with Crippen molar-refractivity contribution in [2.45, 2.75) is 19.3 Å². The third-order valence-corrected chi connectivity index (χ3v) is 5.33. The summed E-state index contributed by atoms with van der Waals surface area (Å²) in [7, 11) is 0. The maximum absolute atomic E-state index is 12.4. The number of nitro groups is 1. The minimum Gasteiger partial charge on any atom is -0.459 e. The molecule has 0 atom stereocenters. The molecule has 2 aromatic rings. The van der Waals surface area contributed by atoms with Gasteiger partial charge in [-0.15, -0.1) is 0 Å². The maximum atomic E-state index is 12.4. The highest BCUT2D eigenvalue weighted by Gasteiger charge is 2.31. The first kappa shape index (κ1) is 19.6. The second-order valence-electron chi connectivity index (χ2n) is 7.16. The number of nitrogens with zero attached hydrogens (tertiary/aromatic N) is 4. The van der Waals surface area contributed by atoms with Gasteiger partial charge in [-0.1, -0.05) is 0 Å². The molecule has 3 amide bonds. The zero-order valence-corrected chi connectivity index (χ0v) is 16.2. The minimum atomic E-state index is -0.516. The first-order valence-corrected chi connectivity index (χ1v) is 9.67. The van der Waals surface area contributed by atoms with Gasteiger partial charge in [0.1, 0.15) is 5.69 Å². The van der Waals surface area contributed by atoms with Crippen molar-refractivity contribution in [2.24, 2.45) is 0 Å². The topological polar surface area (TPSA) is 117 Å². The van der Waals surface area contributed by atoms with Crippen molar-refractivity contribution in [1.29, 1.82) is 0 Å². The number of hydrogen-bond acceptors (Lipinski definition) is 7. The standard InChI is InChI=1S/C20H20N4O6/c25-18-4-1-5-19(26)23(18)14-6-7-15(16(13-14)24(28)29)21-8-10-22(11-9-21)20(27)17-3-2-12-30-17/h2-3,6-7,12-13H,1,4-5,8-11H2. The number of hydrogen-bond donors (Lipinski definition) is 0. The van der Waals surface area contributed by atoms with Gasteiger partial charge in [-0.05, 0) is 30.7 Å². The van der Waals surface area contributed by atoms with Gasteiger partial charge in [0, 0.05) is 45.1 Å². The van der Waals surface area contributed by atoms with Crippen LogP contribution in [0.4, 0.5) is 17.1 Å². The van der Waals surface area contributed by atoms with Crippen molar-refractivity contribution in [1.82, 2.24) is 4.90 Å². The van der Waals surface area contributed by atoms with Crippen LogP contribution in [0.2, 0.25) is 0 Å². The predicted molar refractivity (Wildman–Crippen MR) is 106 cm³/mol. The summed E-state index contributed by atoms with van der Waals surface area (Å²) < 4.78 is 5.14. The van der Waals surface area contributed by atoms with Crippen LogP contribution < -0.4 is 9.80 Å². The van der Waals surface area contributed by atoms with Crippen LogP contribution in [0.25, 0.3) is 0 Å². The van der Waals surface area contributed by atoms with E-state index in [0.717, 1.165) is 4.90 Å². The molecule has 156 valence electrons. The van der Waals surface area contributed by atoms with E-state index in [-0.39, 0.29) is 47.7 Å². The Bertz CT molecular complexity index is 979. The summed E-state index contributed by atoms with van der Waals surface area (Å²) in [5, 5.41) is 11.7. The smallest absolute Gasteiger partial charge is 0.294 e. The molecule has 4 rings (SSSR count). The number of amides is 3. The molecule has 0 bridgehead atoms. The van der Waals surface area contributed by atoms with E-state index in [1.165, 1.54) is 12.3 Å². The second-order valence-corrected chi connectivity index (χ2v) is 7.16. The Kier molecular flexibility index (Phi) is 5.21. The molecule has 0 spiro atoms. The van der Waals surface area contributed by atoms with E-state index in [1.807, 2.05) is 4.90 Å². The molecular formula is C20H20N4O6. The molecule has 0 radical (unpaired) electrons. The molecule has 30 heavy (non-hydrogen) atoms. The number of anilines is 2. The fourth-order valence-corrected chi connectivity index (χ4v) is 3.81. The van der Waals surface area contributed by atoms with Gasteiger partial charge < -0.3 is 14.2 Å². The van der Waals surface area contributed by atoms with Crippen molar-refractivity contribution in [2.75, 3.05) is 36.0 Å². The number of piperazine rings is 1. The molecule has 2 aliphatic rings. The third-order valence-electron chi connectivity index (χ3n) is 5.33. The summed E-state index contributed by atoms with van der Waals surface area (Å²) >= 11 is 0. The average molecular weight is 412 g/mol. The normalized spacial score (nSPS) is 17.4. The van der Waals surface area contributed by atoms with Crippen LogP contribution >= 0.6 is 0 Å². The highest BCUT2D eigenvalue weighted by atomic mass is 16.6. The Morgan fingerprint density at radius 1 is 1.03 bits per heavy atom. The molecule has 10 heteroatoms. The van der Waals surface area contributed by atoms with Gasteiger partial charge >= 0.3 is 0 Å². The molecule has 2 fully saturated rings. The average Bonchev–Trinajstić information content (AvgIpc) is 3.28. The molecule has 0 unspecified atom stereocenters. The summed E-state index contributed by atoms with van der Waals surface area (Å²) in [5.74, 6) is -0.655. The van der Waals surface area contributed by atoms with Crippen molar-refractivity contribution >= 4 is 34.8 Å². The number of carbonyl (C=O) groups excluding carboxylic acids is 3. The lowest BCUT2D eigenvalue weighted by molar-refractivity contribution is -0.384. The monoisotopic (exact) mass is 412 g/mol. The van der Waals surface area contributed by atoms with E-state index in [0.29, 0.717) is 38.3 Å². The molecule has 2 saturated heterocycles. The van der Waals surface area contributed by atoms with Gasteiger partial charge in [0.05, 0.1) is 16.9 Å². The highest BCUT2D eigenvalue weighted by Crippen LogP contribution is 2.34. The SMILES string of the molecule is O=C(c1ccco1)N1CCN(c2ccc(N3C(=O)CCCC3=O)cc2[N+](=O)[O-])CC1. The Morgan fingerprint density at radius 2 is 1.73 bits per heavy atom. The van der Waals surface area contributed by atoms with Crippen molar-refractivity contribution < 1.29 is 23.7 Å². The van der Waals surface area contributed by atoms with Crippen LogP contribution in [0.1, 0.15) is 29.8 Å². The summed E-state index contributed by atoms with van der Waals surface area (Å²) in [6.07, 6.45) is 2.42. The lowest BCUT2D eigenvalue weighted by atomic mass is 10.1. The molecular weight excluding hydrogens is 392 g/mol. The molecule has 1 aromatic heterocycles. The van der Waals surface area contributed by atoms with Gasteiger partial charge in [-0.3, -0.25) is 29.4 Å². The molecule has 0 saturated carbocycles. The zero-order valence-electron chi connectivity index (χ0n) is 16.2. The molecule has 3 heterocycles. The predicted octanol–water partition coefficient (Wildman–Crippen LogP) is 2.19. The number of nitro benzene ring substituents is 1. The maximum Gasteiger partial charge on any atom is 0.294 e. The van der Waals surface area contributed by atoms with Gasteiger partial charge in [0.25, 0.3) is 11.6 Å². The number of rotatable bonds is 4. The number of imide groups is 1. The van der Waals surface area contributed by atoms with Gasteiger partial charge in [-0.2, -0.15) is 0 Å². The van der Waals surface area contributed by atoms with E-state index in [9.17, 15) is 24.5 Å². The Hall–Kier alpha value is -3.69. The number of piperidine rings is 1. The Morgan fingerprint density at radius 3 is 2.33 bits per heavy atom. The summed E-state index contributed by atoms with van der Waals surface area (Å²) in [4.78, 5) is 52.4. The zero-order chi connectivity index (χ0) is 21.3. The molecule has 10 nitrogen and oxygen atoms in total. The molecule has 2 aliphatic heterocycles.